The van der Waals surface area contributed by atoms with Gasteiger partial charge in [0.2, 0.25) is 5.91 Å². The molecule has 0 saturated heterocycles. The van der Waals surface area contributed by atoms with Crippen LogP contribution in [-0.2, 0) is 14.4 Å². The van der Waals surface area contributed by atoms with Crippen molar-refractivity contribution in [1.29, 1.82) is 0 Å². The van der Waals surface area contributed by atoms with Crippen LogP contribution in [0.5, 0.6) is 0 Å². The summed E-state index contributed by atoms with van der Waals surface area (Å²) >= 11 is 0. The molecule has 8 nitrogen and oxygen atoms in total. The average Bonchev–Trinajstić information content (AvgIpc) is 2.79. The summed E-state index contributed by atoms with van der Waals surface area (Å²) in [7, 11) is 0. The van der Waals surface area contributed by atoms with Crippen molar-refractivity contribution in [3.05, 3.63) is 42.0 Å². The number of amides is 3. The van der Waals surface area contributed by atoms with E-state index in [4.69, 9.17) is 5.73 Å². The van der Waals surface area contributed by atoms with Gasteiger partial charge in [0, 0.05) is 13.0 Å². The van der Waals surface area contributed by atoms with Crippen LogP contribution >= 0.6 is 0 Å². The second-order valence-electron chi connectivity index (χ2n) is 9.80. The predicted molar refractivity (Wildman–Crippen MR) is 134 cm³/mol. The van der Waals surface area contributed by atoms with Crippen LogP contribution in [0.15, 0.2) is 36.4 Å². The lowest BCUT2D eigenvalue weighted by Crippen LogP contribution is -2.62. The van der Waals surface area contributed by atoms with E-state index in [0.29, 0.717) is 6.42 Å². The van der Waals surface area contributed by atoms with E-state index in [1.807, 2.05) is 78.0 Å². The first kappa shape index (κ1) is 29.3. The Morgan fingerprint density at radius 3 is 2.15 bits per heavy atom. The number of hydrazine groups is 1. The summed E-state index contributed by atoms with van der Waals surface area (Å²) in [5.41, 5.74) is 8.80. The van der Waals surface area contributed by atoms with E-state index in [1.54, 1.807) is 11.6 Å². The van der Waals surface area contributed by atoms with Gasteiger partial charge in [-0.3, -0.25) is 19.6 Å². The molecular formula is C26H42N4O4. The maximum Gasteiger partial charge on any atom is 0.268 e. The van der Waals surface area contributed by atoms with Gasteiger partial charge in [-0.25, -0.2) is 15.5 Å². The third-order valence-corrected chi connectivity index (χ3v) is 5.42. The van der Waals surface area contributed by atoms with Crippen molar-refractivity contribution in [3.8, 4) is 0 Å². The Morgan fingerprint density at radius 2 is 1.65 bits per heavy atom. The molecule has 1 rings (SSSR count). The molecular weight excluding hydrogens is 432 g/mol. The number of carbonyl (C=O) groups excluding carboxylic acids is 3. The van der Waals surface area contributed by atoms with Crippen LogP contribution in [0.25, 0.3) is 6.08 Å². The smallest absolute Gasteiger partial charge is 0.268 e. The van der Waals surface area contributed by atoms with E-state index < -0.39 is 23.9 Å². The number of hydrogen-bond donors (Lipinski definition) is 3. The highest BCUT2D eigenvalue weighted by atomic mass is 16.5. The van der Waals surface area contributed by atoms with Crippen molar-refractivity contribution in [2.75, 3.05) is 6.54 Å². The molecule has 0 heterocycles. The molecule has 34 heavy (non-hydrogen) atoms. The van der Waals surface area contributed by atoms with Gasteiger partial charge in [0.05, 0.1) is 6.04 Å². The fourth-order valence-electron chi connectivity index (χ4n) is 3.38. The molecule has 0 saturated carbocycles. The van der Waals surface area contributed by atoms with E-state index in [0.717, 1.165) is 5.56 Å². The van der Waals surface area contributed by atoms with Crippen molar-refractivity contribution < 1.29 is 19.6 Å². The maximum atomic E-state index is 13.5. The minimum atomic E-state index is -1.12. The molecule has 4 N–H and O–H groups in total. The largest absolute Gasteiger partial charge is 0.320 e. The highest BCUT2D eigenvalue weighted by Gasteiger charge is 2.38. The van der Waals surface area contributed by atoms with Crippen molar-refractivity contribution in [3.63, 3.8) is 0 Å². The first-order valence-corrected chi connectivity index (χ1v) is 12.0. The van der Waals surface area contributed by atoms with Crippen LogP contribution in [0.2, 0.25) is 0 Å². The minimum absolute atomic E-state index is 0.0152. The van der Waals surface area contributed by atoms with E-state index in [-0.39, 0.29) is 43.0 Å². The van der Waals surface area contributed by atoms with Gasteiger partial charge in [0.15, 0.2) is 0 Å². The summed E-state index contributed by atoms with van der Waals surface area (Å²) in [5, 5.41) is 12.0. The van der Waals surface area contributed by atoms with Crippen LogP contribution in [0.4, 0.5) is 0 Å². The van der Waals surface area contributed by atoms with Gasteiger partial charge < -0.3 is 5.73 Å². The summed E-state index contributed by atoms with van der Waals surface area (Å²) in [6.07, 6.45) is 4.46. The van der Waals surface area contributed by atoms with Gasteiger partial charge in [0.1, 0.15) is 6.04 Å². The molecule has 1 aromatic rings. The fraction of sp³-hybridized carbons (Fsp3) is 0.577. The number of nitrogens with one attached hydrogen (secondary N) is 1. The number of nitrogens with two attached hydrogens (primary N) is 1. The first-order valence-electron chi connectivity index (χ1n) is 12.0. The summed E-state index contributed by atoms with van der Waals surface area (Å²) < 4.78 is 0. The highest BCUT2D eigenvalue weighted by Crippen LogP contribution is 2.19. The van der Waals surface area contributed by atoms with Crippen molar-refractivity contribution in [2.45, 2.75) is 72.9 Å². The number of benzene rings is 1. The molecule has 0 spiro atoms. The van der Waals surface area contributed by atoms with Gasteiger partial charge in [-0.05, 0) is 36.2 Å². The Morgan fingerprint density at radius 1 is 1.03 bits per heavy atom. The molecule has 0 fully saturated rings. The lowest BCUT2D eigenvalue weighted by molar-refractivity contribution is -0.176. The standard InChI is InChI=1S/C26H42N4O4/c1-18(2)15-16-23(31)30(29(17-19(3)4)26(33)24(27)20(5)6)22(25(32)28-34)14-10-13-21-11-8-7-9-12-21/h7-13,18-20,22,24,34H,14-17,27H2,1-6H3,(H,28,32)/t22-,24+/m0/s1. The number of hydrogen-bond acceptors (Lipinski definition) is 5. The second-order valence-corrected chi connectivity index (χ2v) is 9.80. The second kappa shape index (κ2) is 14.5. The van der Waals surface area contributed by atoms with Gasteiger partial charge in [-0.1, -0.05) is 84.0 Å². The number of hydroxylamine groups is 1. The van der Waals surface area contributed by atoms with E-state index in [9.17, 15) is 19.6 Å². The maximum absolute atomic E-state index is 13.5. The lowest BCUT2D eigenvalue weighted by Gasteiger charge is -2.41. The molecule has 0 aromatic heterocycles. The number of carbonyl (C=O) groups is 3. The van der Waals surface area contributed by atoms with Crippen molar-refractivity contribution >= 4 is 23.8 Å². The van der Waals surface area contributed by atoms with Gasteiger partial charge in [-0.2, -0.15) is 0 Å². The van der Waals surface area contributed by atoms with E-state index in [2.05, 4.69) is 0 Å². The van der Waals surface area contributed by atoms with Gasteiger partial charge >= 0.3 is 0 Å². The summed E-state index contributed by atoms with van der Waals surface area (Å²) in [4.78, 5) is 39.7. The monoisotopic (exact) mass is 474 g/mol. The molecule has 1 aromatic carbocycles. The average molecular weight is 475 g/mol. The normalized spacial score (nSPS) is 13.4. The van der Waals surface area contributed by atoms with Crippen molar-refractivity contribution in [1.82, 2.24) is 15.5 Å². The Bertz CT molecular complexity index is 808. The van der Waals surface area contributed by atoms with E-state index >= 15 is 0 Å². The molecule has 0 aliphatic heterocycles. The number of nitrogens with zero attached hydrogens (tertiary/aromatic N) is 2. The molecule has 190 valence electrons. The number of rotatable bonds is 12. The zero-order valence-electron chi connectivity index (χ0n) is 21.4. The summed E-state index contributed by atoms with van der Waals surface area (Å²) in [6, 6.07) is 7.58. The third-order valence-electron chi connectivity index (χ3n) is 5.42. The van der Waals surface area contributed by atoms with Crippen LogP contribution in [-0.4, -0.2) is 51.6 Å². The van der Waals surface area contributed by atoms with Gasteiger partial charge in [0.25, 0.3) is 11.8 Å². The minimum Gasteiger partial charge on any atom is -0.320 e. The quantitative estimate of drug-likeness (QED) is 0.316. The molecule has 0 radical (unpaired) electrons. The Kier molecular flexibility index (Phi) is 12.5. The lowest BCUT2D eigenvalue weighted by atomic mass is 10.0. The molecule has 0 bridgehead atoms. The first-order chi connectivity index (χ1) is 16.0. The van der Waals surface area contributed by atoms with Crippen LogP contribution in [0.1, 0.15) is 66.4 Å². The summed E-state index contributed by atoms with van der Waals surface area (Å²) in [5.74, 6) is -1.43. The summed E-state index contributed by atoms with van der Waals surface area (Å²) in [6.45, 7) is 11.7. The predicted octanol–water partition coefficient (Wildman–Crippen LogP) is 3.61. The molecule has 8 heteroatoms. The Balaban J connectivity index is 3.44. The van der Waals surface area contributed by atoms with E-state index in [1.165, 1.54) is 10.0 Å². The van der Waals surface area contributed by atoms with Gasteiger partial charge in [-0.15, -0.1) is 0 Å². The SMILES string of the molecule is CC(C)CCC(=O)N([C@@H](CC=Cc1ccccc1)C(=O)NO)N(CC(C)C)C(=O)[C@H](N)C(C)C. The molecule has 2 atom stereocenters. The highest BCUT2D eigenvalue weighted by molar-refractivity contribution is 5.90. The molecule has 0 unspecified atom stereocenters. The van der Waals surface area contributed by atoms with Crippen LogP contribution in [0, 0.1) is 17.8 Å². The van der Waals surface area contributed by atoms with Crippen LogP contribution in [0.3, 0.4) is 0 Å². The Hall–Kier alpha value is -2.71. The van der Waals surface area contributed by atoms with Crippen LogP contribution < -0.4 is 11.2 Å². The molecule has 3 amide bonds. The molecule has 0 aliphatic rings. The topological polar surface area (TPSA) is 116 Å². The van der Waals surface area contributed by atoms with Crippen molar-refractivity contribution in [2.24, 2.45) is 23.5 Å². The fourth-order valence-corrected chi connectivity index (χ4v) is 3.38. The Labute approximate surface area is 204 Å². The third kappa shape index (κ3) is 9.27. The molecule has 0 aliphatic carbocycles. The zero-order valence-corrected chi connectivity index (χ0v) is 21.4. The zero-order chi connectivity index (χ0) is 25.8.